The molecule has 0 radical (unpaired) electrons. The number of sulfonamides is 1. The van der Waals surface area contributed by atoms with Gasteiger partial charge in [0.2, 0.25) is 15.9 Å². The standard InChI is InChI=1S/C22H25F4N3O3S/c1-13(2)9-18-16(5-7-19(28-18)22(24,25)26)6-8-20(30)27-12-15-10-14(3)21(17(23)11-15)29-33(4,31)32/h5-8,10-11,13,29H,9,12H2,1-4H3,(H,27,30)/b8-6-. The van der Waals surface area contributed by atoms with Gasteiger partial charge in [-0.2, -0.15) is 13.2 Å². The molecule has 0 spiro atoms. The first kappa shape index (κ1) is 26.3. The number of pyridine rings is 1. The van der Waals surface area contributed by atoms with Gasteiger partial charge in [0.05, 0.1) is 11.9 Å². The fourth-order valence-corrected chi connectivity index (χ4v) is 3.65. The number of nitrogens with one attached hydrogen (secondary N) is 2. The number of carbonyl (C=O) groups is 1. The van der Waals surface area contributed by atoms with Crippen molar-refractivity contribution in [2.24, 2.45) is 5.92 Å². The van der Waals surface area contributed by atoms with E-state index in [9.17, 15) is 30.8 Å². The van der Waals surface area contributed by atoms with Gasteiger partial charge in [-0.1, -0.05) is 26.0 Å². The molecular formula is C22H25F4N3O3S. The van der Waals surface area contributed by atoms with Gasteiger partial charge in [0.25, 0.3) is 0 Å². The topological polar surface area (TPSA) is 88.2 Å². The molecule has 1 aromatic heterocycles. The van der Waals surface area contributed by atoms with Crippen molar-refractivity contribution in [3.8, 4) is 0 Å². The van der Waals surface area contributed by atoms with E-state index in [0.717, 1.165) is 24.5 Å². The number of benzene rings is 1. The lowest BCUT2D eigenvalue weighted by atomic mass is 10.0. The molecule has 11 heteroatoms. The van der Waals surface area contributed by atoms with Crippen LogP contribution in [0.1, 0.15) is 41.9 Å². The number of carbonyl (C=O) groups excluding carboxylic acids is 1. The van der Waals surface area contributed by atoms with Gasteiger partial charge in [0.1, 0.15) is 11.5 Å². The zero-order valence-corrected chi connectivity index (χ0v) is 19.4. The smallest absolute Gasteiger partial charge is 0.348 e. The number of rotatable bonds is 8. The van der Waals surface area contributed by atoms with E-state index in [1.165, 1.54) is 25.1 Å². The lowest BCUT2D eigenvalue weighted by molar-refractivity contribution is -0.141. The zero-order valence-electron chi connectivity index (χ0n) is 18.5. The summed E-state index contributed by atoms with van der Waals surface area (Å²) < 4.78 is 78.0. The highest BCUT2D eigenvalue weighted by Gasteiger charge is 2.32. The maximum absolute atomic E-state index is 14.3. The van der Waals surface area contributed by atoms with Gasteiger partial charge in [0, 0.05) is 18.3 Å². The summed E-state index contributed by atoms with van der Waals surface area (Å²) in [6, 6.07) is 4.76. The lowest BCUT2D eigenvalue weighted by Gasteiger charge is -2.12. The fraction of sp³-hybridized carbons (Fsp3) is 0.364. The first-order valence-electron chi connectivity index (χ1n) is 9.95. The molecule has 0 aliphatic heterocycles. The van der Waals surface area contributed by atoms with Crippen molar-refractivity contribution in [1.82, 2.24) is 10.3 Å². The van der Waals surface area contributed by atoms with Crippen LogP contribution in [0.3, 0.4) is 0 Å². The van der Waals surface area contributed by atoms with Crippen molar-refractivity contribution >= 4 is 27.7 Å². The van der Waals surface area contributed by atoms with E-state index in [1.807, 2.05) is 13.8 Å². The Morgan fingerprint density at radius 1 is 1.21 bits per heavy atom. The largest absolute Gasteiger partial charge is 0.433 e. The van der Waals surface area contributed by atoms with Gasteiger partial charge >= 0.3 is 6.18 Å². The highest BCUT2D eigenvalue weighted by Crippen LogP contribution is 2.29. The van der Waals surface area contributed by atoms with E-state index in [-0.39, 0.29) is 23.8 Å². The summed E-state index contributed by atoms with van der Waals surface area (Å²) in [5.41, 5.74) is 0.211. The quantitative estimate of drug-likeness (QED) is 0.426. The Kier molecular flexibility index (Phi) is 8.23. The number of aryl methyl sites for hydroxylation is 1. The van der Waals surface area contributed by atoms with Gasteiger partial charge in [-0.15, -0.1) is 0 Å². The Balaban J connectivity index is 2.13. The van der Waals surface area contributed by atoms with E-state index >= 15 is 0 Å². The molecule has 2 aromatic rings. The molecular weight excluding hydrogens is 462 g/mol. The van der Waals surface area contributed by atoms with Crippen LogP contribution < -0.4 is 10.0 Å². The predicted octanol–water partition coefficient (Wildman–Crippen LogP) is 4.45. The second-order valence-corrected chi connectivity index (χ2v) is 9.77. The molecule has 2 rings (SSSR count). The van der Waals surface area contributed by atoms with Crippen molar-refractivity contribution in [3.63, 3.8) is 0 Å². The molecule has 33 heavy (non-hydrogen) atoms. The van der Waals surface area contributed by atoms with E-state index in [1.54, 1.807) is 0 Å². The van der Waals surface area contributed by atoms with E-state index < -0.39 is 33.6 Å². The van der Waals surface area contributed by atoms with Crippen LogP contribution in [0.15, 0.2) is 30.3 Å². The van der Waals surface area contributed by atoms with Crippen molar-refractivity contribution < 1.29 is 30.8 Å². The predicted molar refractivity (Wildman–Crippen MR) is 118 cm³/mol. The molecule has 0 saturated heterocycles. The Labute approximate surface area is 190 Å². The lowest BCUT2D eigenvalue weighted by Crippen LogP contribution is -2.21. The van der Waals surface area contributed by atoms with Gasteiger partial charge in [-0.05, 0) is 54.2 Å². The maximum atomic E-state index is 14.3. The third-order valence-electron chi connectivity index (χ3n) is 4.42. The Bertz CT molecular complexity index is 1140. The van der Waals surface area contributed by atoms with Crippen molar-refractivity contribution in [3.05, 3.63) is 64.2 Å². The summed E-state index contributed by atoms with van der Waals surface area (Å²) in [5.74, 6) is -1.27. The van der Waals surface area contributed by atoms with Gasteiger partial charge in [-0.25, -0.2) is 17.8 Å². The summed E-state index contributed by atoms with van der Waals surface area (Å²) in [4.78, 5) is 15.9. The number of halogens is 4. The minimum absolute atomic E-state index is 0.0375. The average Bonchev–Trinajstić information content (AvgIpc) is 2.66. The summed E-state index contributed by atoms with van der Waals surface area (Å²) in [6.07, 6.45) is -0.810. The second-order valence-electron chi connectivity index (χ2n) is 8.02. The molecule has 0 aliphatic rings. The minimum atomic E-state index is -4.56. The van der Waals surface area contributed by atoms with Crippen LogP contribution in [0.25, 0.3) is 6.08 Å². The SMILES string of the molecule is Cc1cc(CNC(=O)/C=C\c2ccc(C(F)(F)F)nc2CC(C)C)cc(F)c1NS(C)(=O)=O. The van der Waals surface area contributed by atoms with Crippen LogP contribution in [0, 0.1) is 18.7 Å². The summed E-state index contributed by atoms with van der Waals surface area (Å²) >= 11 is 0. The molecule has 1 amide bonds. The van der Waals surface area contributed by atoms with Crippen LogP contribution in [-0.2, 0) is 34.0 Å². The Morgan fingerprint density at radius 3 is 2.42 bits per heavy atom. The van der Waals surface area contributed by atoms with E-state index in [0.29, 0.717) is 23.1 Å². The summed E-state index contributed by atoms with van der Waals surface area (Å²) in [7, 11) is -3.65. The molecule has 2 N–H and O–H groups in total. The third kappa shape index (κ3) is 8.16. The zero-order chi connectivity index (χ0) is 25.0. The molecule has 1 heterocycles. The van der Waals surface area contributed by atoms with Crippen molar-refractivity contribution in [1.29, 1.82) is 0 Å². The van der Waals surface area contributed by atoms with Crippen LogP contribution in [0.4, 0.5) is 23.2 Å². The highest BCUT2D eigenvalue weighted by molar-refractivity contribution is 7.92. The number of aromatic nitrogens is 1. The maximum Gasteiger partial charge on any atom is 0.433 e. The van der Waals surface area contributed by atoms with E-state index in [2.05, 4.69) is 15.0 Å². The van der Waals surface area contributed by atoms with Gasteiger partial charge in [0.15, 0.2) is 0 Å². The number of hydrogen-bond acceptors (Lipinski definition) is 4. The average molecular weight is 488 g/mol. The van der Waals surface area contributed by atoms with Gasteiger partial charge < -0.3 is 5.32 Å². The minimum Gasteiger partial charge on any atom is -0.348 e. The molecule has 0 unspecified atom stereocenters. The van der Waals surface area contributed by atoms with Crippen LogP contribution in [0.2, 0.25) is 0 Å². The molecule has 0 saturated carbocycles. The molecule has 1 aromatic carbocycles. The fourth-order valence-electron chi connectivity index (χ4n) is 3.02. The Hall–Kier alpha value is -2.95. The summed E-state index contributed by atoms with van der Waals surface area (Å²) in [5, 5.41) is 2.56. The Morgan fingerprint density at radius 2 is 1.88 bits per heavy atom. The van der Waals surface area contributed by atoms with Crippen molar-refractivity contribution in [2.75, 3.05) is 11.0 Å². The molecule has 6 nitrogen and oxygen atoms in total. The number of anilines is 1. The third-order valence-corrected chi connectivity index (χ3v) is 4.99. The molecule has 180 valence electrons. The monoisotopic (exact) mass is 487 g/mol. The molecule has 0 bridgehead atoms. The number of nitrogens with zero attached hydrogens (tertiary/aromatic N) is 1. The highest BCUT2D eigenvalue weighted by atomic mass is 32.2. The molecule has 0 fully saturated rings. The van der Waals surface area contributed by atoms with Crippen LogP contribution in [-0.4, -0.2) is 25.6 Å². The van der Waals surface area contributed by atoms with Gasteiger partial charge in [-0.3, -0.25) is 9.52 Å². The summed E-state index contributed by atoms with van der Waals surface area (Å²) in [6.45, 7) is 5.18. The molecule has 0 atom stereocenters. The van der Waals surface area contributed by atoms with Crippen LogP contribution in [0.5, 0.6) is 0 Å². The number of amides is 1. The van der Waals surface area contributed by atoms with Crippen LogP contribution >= 0.6 is 0 Å². The molecule has 0 aliphatic carbocycles. The normalized spacial score (nSPS) is 12.4. The van der Waals surface area contributed by atoms with Crippen molar-refractivity contribution in [2.45, 2.75) is 39.9 Å². The van der Waals surface area contributed by atoms with E-state index in [4.69, 9.17) is 0 Å². The first-order chi connectivity index (χ1) is 15.2. The number of hydrogen-bond donors (Lipinski definition) is 2. The first-order valence-corrected chi connectivity index (χ1v) is 11.8. The number of alkyl halides is 3. The second kappa shape index (κ2) is 10.3.